The predicted molar refractivity (Wildman–Crippen MR) is 80.6 cm³/mol. The first-order valence-electron chi connectivity index (χ1n) is 6.53. The summed E-state index contributed by atoms with van der Waals surface area (Å²) in [6, 6.07) is 10.1. The fraction of sp³-hybridized carbons (Fsp3) is 0.294. The molecular weight excluding hydrogens is 234 g/mol. The highest BCUT2D eigenvalue weighted by molar-refractivity contribution is 5.48. The Kier molecular flexibility index (Phi) is 3.79. The van der Waals surface area contributed by atoms with E-state index < -0.39 is 0 Å². The zero-order chi connectivity index (χ0) is 14.0. The Bertz CT molecular complexity index is 579. The summed E-state index contributed by atoms with van der Waals surface area (Å²) >= 11 is 0. The molecule has 0 amide bonds. The molecule has 100 valence electrons. The molecule has 0 atom stereocenters. The molecule has 0 radical (unpaired) electrons. The van der Waals surface area contributed by atoms with Crippen molar-refractivity contribution in [1.29, 1.82) is 0 Å². The average Bonchev–Trinajstić information content (AvgIpc) is 2.32. The maximum absolute atomic E-state index is 5.93. The first kappa shape index (κ1) is 13.5. The number of nitrogens with two attached hydrogens (primary N) is 1. The molecule has 2 heteroatoms. The molecule has 2 aromatic rings. The van der Waals surface area contributed by atoms with Gasteiger partial charge < -0.3 is 10.5 Å². The van der Waals surface area contributed by atoms with Crippen molar-refractivity contribution in [3.63, 3.8) is 0 Å². The molecular formula is C17H21NO. The van der Waals surface area contributed by atoms with Gasteiger partial charge in [0.15, 0.2) is 0 Å². The van der Waals surface area contributed by atoms with E-state index in [9.17, 15) is 0 Å². The molecule has 0 bridgehead atoms. The number of rotatable bonds is 3. The van der Waals surface area contributed by atoms with E-state index in [0.717, 1.165) is 17.0 Å². The van der Waals surface area contributed by atoms with Crippen LogP contribution >= 0.6 is 0 Å². The quantitative estimate of drug-likeness (QED) is 0.839. The molecule has 2 aromatic carbocycles. The summed E-state index contributed by atoms with van der Waals surface area (Å²) in [7, 11) is 0. The van der Waals surface area contributed by atoms with Gasteiger partial charge in [-0.25, -0.2) is 0 Å². The van der Waals surface area contributed by atoms with E-state index in [1.165, 1.54) is 22.3 Å². The lowest BCUT2D eigenvalue weighted by molar-refractivity contribution is 0.302. The lowest BCUT2D eigenvalue weighted by Gasteiger charge is -2.14. The van der Waals surface area contributed by atoms with Crippen molar-refractivity contribution in [2.45, 2.75) is 34.3 Å². The Hall–Kier alpha value is -1.96. The second-order valence-corrected chi connectivity index (χ2v) is 5.19. The zero-order valence-corrected chi connectivity index (χ0v) is 12.1. The van der Waals surface area contributed by atoms with Crippen molar-refractivity contribution >= 4 is 5.69 Å². The molecule has 0 saturated heterocycles. The fourth-order valence-electron chi connectivity index (χ4n) is 2.36. The minimum Gasteiger partial charge on any atom is -0.489 e. The SMILES string of the molecule is Cc1cc(C)c(COc2cc(N)ccc2C)c(C)c1. The van der Waals surface area contributed by atoms with Crippen LogP contribution in [0.1, 0.15) is 27.8 Å². The second-order valence-electron chi connectivity index (χ2n) is 5.19. The van der Waals surface area contributed by atoms with E-state index >= 15 is 0 Å². The van der Waals surface area contributed by atoms with Gasteiger partial charge in [-0.05, 0) is 56.0 Å². The molecule has 0 aliphatic rings. The highest BCUT2D eigenvalue weighted by atomic mass is 16.5. The highest BCUT2D eigenvalue weighted by Crippen LogP contribution is 2.24. The van der Waals surface area contributed by atoms with Gasteiger partial charge in [0.25, 0.3) is 0 Å². The molecule has 2 nitrogen and oxygen atoms in total. The van der Waals surface area contributed by atoms with E-state index in [4.69, 9.17) is 10.5 Å². The van der Waals surface area contributed by atoms with Gasteiger partial charge in [0.2, 0.25) is 0 Å². The first-order valence-corrected chi connectivity index (χ1v) is 6.53. The van der Waals surface area contributed by atoms with Crippen LogP contribution in [-0.2, 0) is 6.61 Å². The lowest BCUT2D eigenvalue weighted by atomic mass is 10.0. The number of anilines is 1. The molecule has 19 heavy (non-hydrogen) atoms. The van der Waals surface area contributed by atoms with Crippen molar-refractivity contribution in [3.05, 3.63) is 58.1 Å². The van der Waals surface area contributed by atoms with Crippen LogP contribution in [0, 0.1) is 27.7 Å². The largest absolute Gasteiger partial charge is 0.489 e. The third kappa shape index (κ3) is 3.08. The summed E-state index contributed by atoms with van der Waals surface area (Å²) in [4.78, 5) is 0. The van der Waals surface area contributed by atoms with Gasteiger partial charge in [-0.1, -0.05) is 23.8 Å². The molecule has 0 saturated carbocycles. The van der Waals surface area contributed by atoms with E-state index in [2.05, 4.69) is 32.9 Å². The maximum Gasteiger partial charge on any atom is 0.124 e. The van der Waals surface area contributed by atoms with Crippen LogP contribution in [0.25, 0.3) is 0 Å². The van der Waals surface area contributed by atoms with Crippen molar-refractivity contribution in [1.82, 2.24) is 0 Å². The molecule has 0 aliphatic carbocycles. The monoisotopic (exact) mass is 255 g/mol. The number of hydrogen-bond donors (Lipinski definition) is 1. The number of aryl methyl sites for hydroxylation is 4. The third-order valence-electron chi connectivity index (χ3n) is 3.42. The van der Waals surface area contributed by atoms with Crippen molar-refractivity contribution in [2.75, 3.05) is 5.73 Å². The number of ether oxygens (including phenoxy) is 1. The Balaban J connectivity index is 2.21. The van der Waals surface area contributed by atoms with Gasteiger partial charge in [-0.15, -0.1) is 0 Å². The minimum absolute atomic E-state index is 0.586. The molecule has 0 spiro atoms. The van der Waals surface area contributed by atoms with Crippen molar-refractivity contribution < 1.29 is 4.74 Å². The highest BCUT2D eigenvalue weighted by Gasteiger charge is 2.06. The molecule has 0 unspecified atom stereocenters. The summed E-state index contributed by atoms with van der Waals surface area (Å²) in [5.74, 6) is 0.861. The topological polar surface area (TPSA) is 35.2 Å². The predicted octanol–water partition coefficient (Wildman–Crippen LogP) is 4.08. The number of hydrogen-bond acceptors (Lipinski definition) is 2. The lowest BCUT2D eigenvalue weighted by Crippen LogP contribution is -2.02. The second kappa shape index (κ2) is 5.35. The Morgan fingerprint density at radius 2 is 1.53 bits per heavy atom. The van der Waals surface area contributed by atoms with Gasteiger partial charge in [-0.2, -0.15) is 0 Å². The molecule has 2 N–H and O–H groups in total. The normalized spacial score (nSPS) is 10.5. The first-order chi connectivity index (χ1) is 8.97. The van der Waals surface area contributed by atoms with Gasteiger partial charge in [0.05, 0.1) is 0 Å². The summed E-state index contributed by atoms with van der Waals surface area (Å²) in [6.45, 7) is 8.99. The molecule has 0 aromatic heterocycles. The van der Waals surface area contributed by atoms with E-state index in [1.807, 2.05) is 25.1 Å². The van der Waals surface area contributed by atoms with Crippen LogP contribution in [0.3, 0.4) is 0 Å². The van der Waals surface area contributed by atoms with E-state index in [0.29, 0.717) is 6.61 Å². The minimum atomic E-state index is 0.586. The summed E-state index contributed by atoms with van der Waals surface area (Å²) in [5.41, 5.74) is 12.7. The summed E-state index contributed by atoms with van der Waals surface area (Å²) < 4.78 is 5.93. The fourth-order valence-corrected chi connectivity index (χ4v) is 2.36. The van der Waals surface area contributed by atoms with Crippen molar-refractivity contribution in [3.8, 4) is 5.75 Å². The third-order valence-corrected chi connectivity index (χ3v) is 3.42. The van der Waals surface area contributed by atoms with Gasteiger partial charge in [-0.3, -0.25) is 0 Å². The molecule has 0 heterocycles. The standard InChI is InChI=1S/C17H21NO/c1-11-7-13(3)16(14(4)8-11)10-19-17-9-15(18)6-5-12(17)2/h5-9H,10,18H2,1-4H3. The Labute approximate surface area is 115 Å². The molecule has 0 fully saturated rings. The Morgan fingerprint density at radius 1 is 0.895 bits per heavy atom. The molecule has 2 rings (SSSR count). The smallest absolute Gasteiger partial charge is 0.124 e. The van der Waals surface area contributed by atoms with E-state index in [1.54, 1.807) is 0 Å². The Morgan fingerprint density at radius 3 is 2.16 bits per heavy atom. The number of benzene rings is 2. The van der Waals surface area contributed by atoms with Crippen LogP contribution in [-0.4, -0.2) is 0 Å². The maximum atomic E-state index is 5.93. The van der Waals surface area contributed by atoms with Crippen LogP contribution < -0.4 is 10.5 Å². The summed E-state index contributed by atoms with van der Waals surface area (Å²) in [5, 5.41) is 0. The van der Waals surface area contributed by atoms with Gasteiger partial charge >= 0.3 is 0 Å². The zero-order valence-electron chi connectivity index (χ0n) is 12.1. The van der Waals surface area contributed by atoms with Crippen LogP contribution in [0.4, 0.5) is 5.69 Å². The van der Waals surface area contributed by atoms with E-state index in [-0.39, 0.29) is 0 Å². The van der Waals surface area contributed by atoms with Crippen LogP contribution in [0.15, 0.2) is 30.3 Å². The average molecular weight is 255 g/mol. The molecule has 0 aliphatic heterocycles. The summed E-state index contributed by atoms with van der Waals surface area (Å²) in [6.07, 6.45) is 0. The van der Waals surface area contributed by atoms with Gasteiger partial charge in [0.1, 0.15) is 12.4 Å². The van der Waals surface area contributed by atoms with Crippen molar-refractivity contribution in [2.24, 2.45) is 0 Å². The van der Waals surface area contributed by atoms with Gasteiger partial charge in [0, 0.05) is 11.8 Å². The van der Waals surface area contributed by atoms with Crippen LogP contribution in [0.5, 0.6) is 5.75 Å². The van der Waals surface area contributed by atoms with Crippen LogP contribution in [0.2, 0.25) is 0 Å². The number of nitrogen functional groups attached to an aromatic ring is 1.